The van der Waals surface area contributed by atoms with Crippen LogP contribution in [0.25, 0.3) is 0 Å². The first-order chi connectivity index (χ1) is 8.71. The lowest BCUT2D eigenvalue weighted by atomic mass is 10.2. The third kappa shape index (κ3) is 7.61. The van der Waals surface area contributed by atoms with Gasteiger partial charge in [0.1, 0.15) is 0 Å². The van der Waals surface area contributed by atoms with Gasteiger partial charge in [0.25, 0.3) is 0 Å². The first-order valence-electron chi connectivity index (χ1n) is 6.43. The summed E-state index contributed by atoms with van der Waals surface area (Å²) < 4.78 is 10.2. The molecule has 8 heteroatoms. The van der Waals surface area contributed by atoms with Gasteiger partial charge in [0, 0.05) is 53.5 Å². The Morgan fingerprint density at radius 1 is 1.20 bits per heavy atom. The number of halogens is 2. The van der Waals surface area contributed by atoms with Crippen LogP contribution in [0.5, 0.6) is 0 Å². The van der Waals surface area contributed by atoms with Crippen LogP contribution in [-0.2, 0) is 14.3 Å². The molecule has 20 heavy (non-hydrogen) atoms. The molecule has 1 fully saturated rings. The minimum Gasteiger partial charge on any atom is -0.383 e. The average Bonchev–Trinajstić information content (AvgIpc) is 2.42. The monoisotopic (exact) mass is 331 g/mol. The van der Waals surface area contributed by atoms with Crippen LogP contribution in [0.15, 0.2) is 0 Å². The summed E-state index contributed by atoms with van der Waals surface area (Å²) in [7, 11) is 3.30. The van der Waals surface area contributed by atoms with Crippen LogP contribution in [0.3, 0.4) is 0 Å². The quantitative estimate of drug-likeness (QED) is 0.710. The van der Waals surface area contributed by atoms with Crippen molar-refractivity contribution in [3.05, 3.63) is 0 Å². The Morgan fingerprint density at radius 3 is 2.25 bits per heavy atom. The molecule has 0 aromatic heterocycles. The van der Waals surface area contributed by atoms with Gasteiger partial charge < -0.3 is 20.1 Å². The van der Waals surface area contributed by atoms with Gasteiger partial charge in [-0.1, -0.05) is 0 Å². The fraction of sp³-hybridized carbons (Fsp3) is 0.917. The molecule has 1 aliphatic heterocycles. The van der Waals surface area contributed by atoms with Crippen LogP contribution in [0.2, 0.25) is 0 Å². The summed E-state index contributed by atoms with van der Waals surface area (Å²) in [5.41, 5.74) is 5.52. The Kier molecular flexibility index (Phi) is 14.0. The van der Waals surface area contributed by atoms with E-state index in [9.17, 15) is 4.79 Å². The number of rotatable bonds is 7. The van der Waals surface area contributed by atoms with E-state index in [-0.39, 0.29) is 36.8 Å². The number of nitrogens with zero attached hydrogens (tertiary/aromatic N) is 2. The molecule has 0 bridgehead atoms. The number of ether oxygens (including phenoxy) is 2. The van der Waals surface area contributed by atoms with Crippen molar-refractivity contribution in [2.75, 3.05) is 60.1 Å². The predicted molar refractivity (Wildman–Crippen MR) is 83.9 cm³/mol. The van der Waals surface area contributed by atoms with Crippen molar-refractivity contribution in [3.63, 3.8) is 0 Å². The fourth-order valence-corrected chi connectivity index (χ4v) is 2.03. The van der Waals surface area contributed by atoms with Crippen molar-refractivity contribution in [2.24, 2.45) is 5.73 Å². The van der Waals surface area contributed by atoms with Crippen LogP contribution < -0.4 is 5.73 Å². The first kappa shape index (κ1) is 22.2. The predicted octanol–water partition coefficient (Wildman–Crippen LogP) is -0.0156. The number of carbonyl (C=O) groups excluding carboxylic acids is 1. The van der Waals surface area contributed by atoms with Crippen molar-refractivity contribution in [1.29, 1.82) is 0 Å². The molecule has 0 spiro atoms. The maximum absolute atomic E-state index is 12.0. The van der Waals surface area contributed by atoms with Crippen LogP contribution in [0.1, 0.15) is 6.42 Å². The second-order valence-electron chi connectivity index (χ2n) is 4.51. The number of nitrogens with two attached hydrogens (primary N) is 1. The summed E-state index contributed by atoms with van der Waals surface area (Å²) in [6.45, 7) is 5.45. The topological polar surface area (TPSA) is 68.0 Å². The van der Waals surface area contributed by atoms with E-state index in [1.165, 1.54) is 0 Å². The van der Waals surface area contributed by atoms with E-state index in [1.807, 2.05) is 4.90 Å². The maximum atomic E-state index is 12.0. The Balaban J connectivity index is 0. The molecule has 1 saturated heterocycles. The zero-order valence-corrected chi connectivity index (χ0v) is 13.9. The third-order valence-corrected chi connectivity index (χ3v) is 3.34. The van der Waals surface area contributed by atoms with Crippen LogP contribution in [0.4, 0.5) is 0 Å². The van der Waals surface area contributed by atoms with Gasteiger partial charge in [-0.2, -0.15) is 0 Å². The second kappa shape index (κ2) is 12.6. The van der Waals surface area contributed by atoms with E-state index >= 15 is 0 Å². The number of hydrogen-bond acceptors (Lipinski definition) is 5. The second-order valence-corrected chi connectivity index (χ2v) is 4.51. The van der Waals surface area contributed by atoms with Gasteiger partial charge in [-0.05, 0) is 0 Å². The number of amides is 1. The number of carbonyl (C=O) groups is 1. The van der Waals surface area contributed by atoms with Crippen molar-refractivity contribution < 1.29 is 14.3 Å². The lowest BCUT2D eigenvalue weighted by Gasteiger charge is -2.35. The van der Waals surface area contributed by atoms with Crippen LogP contribution in [0, 0.1) is 0 Å². The summed E-state index contributed by atoms with van der Waals surface area (Å²) in [4.78, 5) is 16.2. The minimum atomic E-state index is -0.163. The summed E-state index contributed by atoms with van der Waals surface area (Å²) >= 11 is 0. The van der Waals surface area contributed by atoms with E-state index in [4.69, 9.17) is 15.2 Å². The SMILES string of the molecule is COCCN1CCN(C(=O)CC(CN)OC)CC1.Cl.Cl. The molecule has 122 valence electrons. The van der Waals surface area contributed by atoms with E-state index in [2.05, 4.69) is 4.90 Å². The first-order valence-corrected chi connectivity index (χ1v) is 6.43. The molecule has 0 radical (unpaired) electrons. The smallest absolute Gasteiger partial charge is 0.225 e. The zero-order chi connectivity index (χ0) is 13.4. The molecular formula is C12H27Cl2N3O3. The lowest BCUT2D eigenvalue weighted by molar-refractivity contribution is -0.135. The van der Waals surface area contributed by atoms with Gasteiger partial charge in [0.15, 0.2) is 0 Å². The maximum Gasteiger partial charge on any atom is 0.225 e. The number of hydrogen-bond donors (Lipinski definition) is 1. The highest BCUT2D eigenvalue weighted by atomic mass is 35.5. The summed E-state index contributed by atoms with van der Waals surface area (Å²) in [6.07, 6.45) is 0.217. The van der Waals surface area contributed by atoms with Crippen molar-refractivity contribution in [1.82, 2.24) is 9.80 Å². The molecule has 1 heterocycles. The van der Waals surface area contributed by atoms with Gasteiger partial charge in [-0.25, -0.2) is 0 Å². The molecule has 0 aromatic carbocycles. The van der Waals surface area contributed by atoms with Gasteiger partial charge in [0.05, 0.1) is 19.1 Å². The van der Waals surface area contributed by atoms with E-state index < -0.39 is 0 Å². The molecule has 1 aliphatic rings. The fourth-order valence-electron chi connectivity index (χ4n) is 2.03. The standard InChI is InChI=1S/C12H25N3O3.2ClH/c1-17-8-7-14-3-5-15(6-4-14)12(16)9-11(10-13)18-2;;/h11H,3-10,13H2,1-2H3;2*1H. The van der Waals surface area contributed by atoms with E-state index in [0.717, 1.165) is 39.3 Å². The van der Waals surface area contributed by atoms with E-state index in [0.29, 0.717) is 13.0 Å². The highest BCUT2D eigenvalue weighted by Gasteiger charge is 2.22. The van der Waals surface area contributed by atoms with Gasteiger partial charge in [-0.3, -0.25) is 9.69 Å². The Morgan fingerprint density at radius 2 is 1.80 bits per heavy atom. The molecule has 1 atom stereocenters. The Labute approximate surface area is 133 Å². The molecule has 0 aromatic rings. The average molecular weight is 332 g/mol. The van der Waals surface area contributed by atoms with Gasteiger partial charge >= 0.3 is 0 Å². The van der Waals surface area contributed by atoms with Gasteiger partial charge in [0.2, 0.25) is 5.91 Å². The summed E-state index contributed by atoms with van der Waals surface area (Å²) in [5.74, 6) is 0.138. The number of methoxy groups -OCH3 is 2. The van der Waals surface area contributed by atoms with Crippen LogP contribution in [-0.4, -0.2) is 81.9 Å². The van der Waals surface area contributed by atoms with Crippen LogP contribution >= 0.6 is 24.8 Å². The molecular weight excluding hydrogens is 305 g/mol. The Hall–Kier alpha value is -0.110. The largest absolute Gasteiger partial charge is 0.383 e. The normalized spacial score (nSPS) is 17.1. The molecule has 0 aliphatic carbocycles. The summed E-state index contributed by atoms with van der Waals surface area (Å²) in [5, 5.41) is 0. The molecule has 0 saturated carbocycles. The number of piperazine rings is 1. The van der Waals surface area contributed by atoms with Gasteiger partial charge in [-0.15, -0.1) is 24.8 Å². The highest BCUT2D eigenvalue weighted by molar-refractivity contribution is 5.85. The van der Waals surface area contributed by atoms with E-state index in [1.54, 1.807) is 14.2 Å². The van der Waals surface area contributed by atoms with Crippen molar-refractivity contribution in [2.45, 2.75) is 12.5 Å². The van der Waals surface area contributed by atoms with Crippen molar-refractivity contribution >= 4 is 30.7 Å². The third-order valence-electron chi connectivity index (χ3n) is 3.34. The molecule has 2 N–H and O–H groups in total. The Bertz CT molecular complexity index is 248. The van der Waals surface area contributed by atoms with Crippen molar-refractivity contribution in [3.8, 4) is 0 Å². The zero-order valence-electron chi connectivity index (χ0n) is 12.2. The lowest BCUT2D eigenvalue weighted by Crippen LogP contribution is -2.50. The summed E-state index contributed by atoms with van der Waals surface area (Å²) in [6, 6.07) is 0. The molecule has 1 amide bonds. The molecule has 6 nitrogen and oxygen atoms in total. The molecule has 1 rings (SSSR count). The molecule has 1 unspecified atom stereocenters. The highest BCUT2D eigenvalue weighted by Crippen LogP contribution is 2.06. The minimum absolute atomic E-state index is 0.